The molecule has 0 bridgehead atoms. The average molecular weight is 409 g/mol. The van der Waals surface area contributed by atoms with Crippen molar-refractivity contribution >= 4 is 23.5 Å². The number of rotatable bonds is 4. The molecule has 0 heterocycles. The van der Waals surface area contributed by atoms with Gasteiger partial charge in [-0.05, 0) is 41.1 Å². The SMILES string of the molecule is CS[C@H]1CCCCCC[C@@H]1SCc1cc(C(C)(C)C)cc(C(C)(C)C)c1O. The number of aromatic hydroxyl groups is 1. The van der Waals surface area contributed by atoms with Crippen molar-refractivity contribution in [3.8, 4) is 5.75 Å². The van der Waals surface area contributed by atoms with Gasteiger partial charge in [-0.1, -0.05) is 79.4 Å². The minimum Gasteiger partial charge on any atom is -0.507 e. The van der Waals surface area contributed by atoms with Crippen molar-refractivity contribution in [2.24, 2.45) is 0 Å². The van der Waals surface area contributed by atoms with Crippen molar-refractivity contribution < 1.29 is 5.11 Å². The molecule has 0 unspecified atom stereocenters. The van der Waals surface area contributed by atoms with Crippen LogP contribution < -0.4 is 0 Å². The Morgan fingerprint density at radius 3 is 2.00 bits per heavy atom. The van der Waals surface area contributed by atoms with Gasteiger partial charge in [-0.25, -0.2) is 0 Å². The third kappa shape index (κ3) is 6.35. The highest BCUT2D eigenvalue weighted by Gasteiger charge is 2.27. The lowest BCUT2D eigenvalue weighted by Gasteiger charge is -2.30. The highest BCUT2D eigenvalue weighted by atomic mass is 32.2. The van der Waals surface area contributed by atoms with E-state index < -0.39 is 0 Å². The molecule has 1 aliphatic carbocycles. The van der Waals surface area contributed by atoms with Crippen LogP contribution in [0.3, 0.4) is 0 Å². The predicted octanol–water partition coefficient (Wildman–Crippen LogP) is 7.67. The minimum absolute atomic E-state index is 0.0488. The zero-order valence-corrected chi connectivity index (χ0v) is 20.2. The highest BCUT2D eigenvalue weighted by Crippen LogP contribution is 2.41. The summed E-state index contributed by atoms with van der Waals surface area (Å²) in [7, 11) is 0. The van der Waals surface area contributed by atoms with Gasteiger partial charge in [-0.2, -0.15) is 23.5 Å². The van der Waals surface area contributed by atoms with Crippen molar-refractivity contribution in [2.45, 2.75) is 107 Å². The van der Waals surface area contributed by atoms with Gasteiger partial charge < -0.3 is 5.11 Å². The van der Waals surface area contributed by atoms with Crippen LogP contribution in [-0.2, 0) is 16.6 Å². The number of benzene rings is 1. The lowest BCUT2D eigenvalue weighted by Crippen LogP contribution is -2.22. The minimum atomic E-state index is -0.0488. The fraction of sp³-hybridized carbons (Fsp3) is 0.750. The third-order valence-corrected chi connectivity index (χ3v) is 8.57. The molecule has 27 heavy (non-hydrogen) atoms. The van der Waals surface area contributed by atoms with E-state index in [1.807, 2.05) is 11.8 Å². The van der Waals surface area contributed by atoms with Crippen LogP contribution >= 0.6 is 23.5 Å². The Morgan fingerprint density at radius 2 is 1.48 bits per heavy atom. The number of hydrogen-bond acceptors (Lipinski definition) is 3. The summed E-state index contributed by atoms with van der Waals surface area (Å²) in [6, 6.07) is 4.48. The maximum absolute atomic E-state index is 11.0. The van der Waals surface area contributed by atoms with Crippen LogP contribution in [0.1, 0.15) is 96.8 Å². The first-order chi connectivity index (χ1) is 12.5. The predicted molar refractivity (Wildman–Crippen MR) is 126 cm³/mol. The molecule has 0 saturated heterocycles. The molecule has 1 aromatic rings. The molecule has 0 radical (unpaired) electrons. The smallest absolute Gasteiger partial charge is 0.123 e. The largest absolute Gasteiger partial charge is 0.507 e. The third-order valence-electron chi connectivity index (χ3n) is 5.76. The number of phenolic OH excluding ortho intramolecular Hbond substituents is 1. The molecular formula is C24H40OS2. The van der Waals surface area contributed by atoms with E-state index in [1.165, 1.54) is 44.1 Å². The van der Waals surface area contributed by atoms with Gasteiger partial charge in [0, 0.05) is 21.8 Å². The van der Waals surface area contributed by atoms with E-state index in [9.17, 15) is 5.11 Å². The van der Waals surface area contributed by atoms with Crippen LogP contribution in [0.25, 0.3) is 0 Å². The molecule has 0 amide bonds. The van der Waals surface area contributed by atoms with Crippen molar-refractivity contribution in [1.82, 2.24) is 0 Å². The van der Waals surface area contributed by atoms with Crippen LogP contribution in [0.15, 0.2) is 12.1 Å². The summed E-state index contributed by atoms with van der Waals surface area (Å²) in [4.78, 5) is 0. The monoisotopic (exact) mass is 408 g/mol. The second-order valence-electron chi connectivity index (χ2n) is 10.1. The molecule has 1 aromatic carbocycles. The first kappa shape index (κ1) is 23.0. The first-order valence-corrected chi connectivity index (χ1v) is 12.9. The second kappa shape index (κ2) is 9.48. The van der Waals surface area contributed by atoms with E-state index in [-0.39, 0.29) is 10.8 Å². The number of phenols is 1. The zero-order chi connectivity index (χ0) is 20.2. The molecule has 154 valence electrons. The van der Waals surface area contributed by atoms with Crippen molar-refractivity contribution in [3.63, 3.8) is 0 Å². The van der Waals surface area contributed by atoms with E-state index >= 15 is 0 Å². The average Bonchev–Trinajstić information content (AvgIpc) is 2.53. The summed E-state index contributed by atoms with van der Waals surface area (Å²) in [6.07, 6.45) is 10.5. The van der Waals surface area contributed by atoms with Crippen LogP contribution in [0.2, 0.25) is 0 Å². The van der Waals surface area contributed by atoms with Gasteiger partial charge in [0.05, 0.1) is 0 Å². The Balaban J connectivity index is 2.28. The van der Waals surface area contributed by atoms with E-state index in [2.05, 4.69) is 71.7 Å². The van der Waals surface area contributed by atoms with Gasteiger partial charge in [0.2, 0.25) is 0 Å². The normalized spacial score (nSPS) is 22.3. The van der Waals surface area contributed by atoms with Gasteiger partial charge in [-0.15, -0.1) is 0 Å². The van der Waals surface area contributed by atoms with Crippen LogP contribution in [0.5, 0.6) is 5.75 Å². The molecular weight excluding hydrogens is 368 g/mol. The maximum Gasteiger partial charge on any atom is 0.123 e. The second-order valence-corrected chi connectivity index (χ2v) is 12.5. The lowest BCUT2D eigenvalue weighted by molar-refractivity contribution is 0.440. The number of thioether (sulfide) groups is 2. The summed E-state index contributed by atoms with van der Waals surface area (Å²) in [5.74, 6) is 1.44. The van der Waals surface area contributed by atoms with Crippen molar-refractivity contribution in [3.05, 3.63) is 28.8 Å². The van der Waals surface area contributed by atoms with Gasteiger partial charge in [0.1, 0.15) is 5.75 Å². The van der Waals surface area contributed by atoms with E-state index in [0.717, 1.165) is 22.1 Å². The van der Waals surface area contributed by atoms with Crippen LogP contribution in [-0.4, -0.2) is 21.9 Å². The molecule has 1 aliphatic rings. The van der Waals surface area contributed by atoms with Gasteiger partial charge >= 0.3 is 0 Å². The Labute approximate surface area is 176 Å². The maximum atomic E-state index is 11.0. The van der Waals surface area contributed by atoms with Gasteiger partial charge in [0.25, 0.3) is 0 Å². The van der Waals surface area contributed by atoms with Gasteiger partial charge in [0.15, 0.2) is 0 Å². The number of hydrogen-bond donors (Lipinski definition) is 1. The fourth-order valence-electron chi connectivity index (χ4n) is 3.88. The Bertz CT molecular complexity index is 610. The Kier molecular flexibility index (Phi) is 8.08. The summed E-state index contributed by atoms with van der Waals surface area (Å²) in [5, 5.41) is 12.5. The topological polar surface area (TPSA) is 20.2 Å². The van der Waals surface area contributed by atoms with Crippen molar-refractivity contribution in [1.29, 1.82) is 0 Å². The molecule has 3 heteroatoms. The van der Waals surface area contributed by atoms with Gasteiger partial charge in [-0.3, -0.25) is 0 Å². The molecule has 0 aliphatic heterocycles. The lowest BCUT2D eigenvalue weighted by atomic mass is 9.79. The molecule has 0 spiro atoms. The van der Waals surface area contributed by atoms with E-state index in [1.54, 1.807) is 0 Å². The van der Waals surface area contributed by atoms with E-state index in [0.29, 0.717) is 11.0 Å². The molecule has 2 atom stereocenters. The Morgan fingerprint density at radius 1 is 0.889 bits per heavy atom. The van der Waals surface area contributed by atoms with Crippen LogP contribution in [0.4, 0.5) is 0 Å². The first-order valence-electron chi connectivity index (χ1n) is 10.6. The quantitative estimate of drug-likeness (QED) is 0.552. The summed E-state index contributed by atoms with van der Waals surface area (Å²) >= 11 is 4.13. The summed E-state index contributed by atoms with van der Waals surface area (Å²) in [6.45, 7) is 13.4. The standard InChI is InChI=1S/C24H40OS2/c1-23(2,3)18-14-17(22(25)19(15-18)24(4,5)6)16-27-21-13-11-9-8-10-12-20(21)26-7/h14-15,20-21,25H,8-13,16H2,1-7H3/t20-,21-/m0/s1. The molecule has 1 fully saturated rings. The Hall–Kier alpha value is -0.280. The zero-order valence-electron chi connectivity index (χ0n) is 18.5. The molecule has 1 nitrogen and oxygen atoms in total. The molecule has 1 saturated carbocycles. The van der Waals surface area contributed by atoms with Crippen molar-refractivity contribution in [2.75, 3.05) is 6.26 Å². The summed E-state index contributed by atoms with van der Waals surface area (Å²) in [5.41, 5.74) is 3.59. The van der Waals surface area contributed by atoms with E-state index in [4.69, 9.17) is 0 Å². The molecule has 2 rings (SSSR count). The van der Waals surface area contributed by atoms with Crippen LogP contribution in [0, 0.1) is 0 Å². The molecule has 1 N–H and O–H groups in total. The fourth-order valence-corrected chi connectivity index (χ4v) is 6.59. The highest BCUT2D eigenvalue weighted by molar-refractivity contribution is 8.03. The summed E-state index contributed by atoms with van der Waals surface area (Å²) < 4.78 is 0. The molecule has 0 aromatic heterocycles.